The summed E-state index contributed by atoms with van der Waals surface area (Å²) in [7, 11) is 0. The minimum Gasteiger partial charge on any atom is -0.387 e. The molecule has 6 heteroatoms. The van der Waals surface area contributed by atoms with Crippen LogP contribution >= 0.6 is 22.9 Å². The molecule has 0 saturated carbocycles. The number of thiazole rings is 1. The molecule has 1 unspecified atom stereocenters. The van der Waals surface area contributed by atoms with Gasteiger partial charge in [0.2, 0.25) is 0 Å². The molecule has 0 bridgehead atoms. The van der Waals surface area contributed by atoms with E-state index in [2.05, 4.69) is 34.5 Å². The van der Waals surface area contributed by atoms with Crippen LogP contribution in [0, 0.1) is 0 Å². The van der Waals surface area contributed by atoms with Crippen LogP contribution in [0.3, 0.4) is 0 Å². The van der Waals surface area contributed by atoms with Gasteiger partial charge in [-0.05, 0) is 29.6 Å². The molecule has 1 N–H and O–H groups in total. The zero-order chi connectivity index (χ0) is 14.1. The minimum atomic E-state index is -0.576. The maximum absolute atomic E-state index is 10.4. The molecule has 104 valence electrons. The van der Waals surface area contributed by atoms with Crippen molar-refractivity contribution < 1.29 is 5.11 Å². The van der Waals surface area contributed by atoms with Crippen molar-refractivity contribution in [1.29, 1.82) is 0 Å². The molecule has 0 aliphatic rings. The maximum atomic E-state index is 10.4. The summed E-state index contributed by atoms with van der Waals surface area (Å²) in [5.74, 6) is 0.272. The molecule has 2 aromatic heterocycles. The molecule has 1 aromatic carbocycles. The fourth-order valence-electron chi connectivity index (χ4n) is 2.10. The molecule has 3 rings (SSSR count). The highest BCUT2D eigenvalue weighted by Gasteiger charge is 2.20. The molecule has 1 atom stereocenters. The number of hydrogen-bond donors (Lipinski definition) is 1. The van der Waals surface area contributed by atoms with Gasteiger partial charge in [-0.25, -0.2) is 4.98 Å². The van der Waals surface area contributed by atoms with Gasteiger partial charge in [0.1, 0.15) is 0 Å². The lowest BCUT2D eigenvalue weighted by atomic mass is 10.1. The van der Waals surface area contributed by atoms with Crippen LogP contribution in [0.4, 0.5) is 0 Å². The SMILES string of the molecule is CC(C)c1nnsc1C(O)Cc1nc2ccccc2s1. The Morgan fingerprint density at radius 2 is 2.05 bits per heavy atom. The van der Waals surface area contributed by atoms with Gasteiger partial charge in [0.05, 0.1) is 31.9 Å². The van der Waals surface area contributed by atoms with Crippen LogP contribution in [-0.2, 0) is 6.42 Å². The van der Waals surface area contributed by atoms with Crippen LogP contribution in [0.5, 0.6) is 0 Å². The summed E-state index contributed by atoms with van der Waals surface area (Å²) in [4.78, 5) is 5.42. The molecule has 3 aromatic rings. The fraction of sp³-hybridized carbons (Fsp3) is 0.357. The van der Waals surface area contributed by atoms with Gasteiger partial charge >= 0.3 is 0 Å². The second kappa shape index (κ2) is 5.55. The summed E-state index contributed by atoms with van der Waals surface area (Å²) in [6.45, 7) is 4.12. The number of nitrogens with zero attached hydrogens (tertiary/aromatic N) is 3. The third kappa shape index (κ3) is 2.59. The third-order valence-electron chi connectivity index (χ3n) is 3.10. The monoisotopic (exact) mass is 305 g/mol. The number of para-hydroxylation sites is 1. The normalized spacial score (nSPS) is 13.2. The fourth-order valence-corrected chi connectivity index (χ4v) is 3.90. The number of aliphatic hydroxyl groups is 1. The topological polar surface area (TPSA) is 58.9 Å². The van der Waals surface area contributed by atoms with Gasteiger partial charge in [0, 0.05) is 6.42 Å². The zero-order valence-electron chi connectivity index (χ0n) is 11.3. The summed E-state index contributed by atoms with van der Waals surface area (Å²) < 4.78 is 5.12. The Morgan fingerprint density at radius 1 is 1.25 bits per heavy atom. The van der Waals surface area contributed by atoms with Gasteiger partial charge in [-0.3, -0.25) is 0 Å². The predicted molar refractivity (Wildman–Crippen MR) is 82.3 cm³/mol. The third-order valence-corrected chi connectivity index (χ3v) is 5.00. The average molecular weight is 305 g/mol. The number of rotatable bonds is 4. The first kappa shape index (κ1) is 13.6. The summed E-state index contributed by atoms with van der Waals surface area (Å²) in [5, 5.41) is 15.5. The Hall–Kier alpha value is -1.37. The van der Waals surface area contributed by atoms with Crippen molar-refractivity contribution in [3.05, 3.63) is 39.8 Å². The molecule has 0 spiro atoms. The van der Waals surface area contributed by atoms with Crippen molar-refractivity contribution in [1.82, 2.24) is 14.6 Å². The number of fused-ring (bicyclic) bond motifs is 1. The van der Waals surface area contributed by atoms with Crippen molar-refractivity contribution in [2.75, 3.05) is 0 Å². The minimum absolute atomic E-state index is 0.272. The van der Waals surface area contributed by atoms with Crippen molar-refractivity contribution in [2.24, 2.45) is 0 Å². The molecular weight excluding hydrogens is 290 g/mol. The Bertz CT molecular complexity index is 687. The highest BCUT2D eigenvalue weighted by Crippen LogP contribution is 2.30. The molecule has 0 aliphatic carbocycles. The van der Waals surface area contributed by atoms with Gasteiger partial charge < -0.3 is 5.11 Å². The number of benzene rings is 1. The number of aliphatic hydroxyl groups excluding tert-OH is 1. The van der Waals surface area contributed by atoms with E-state index in [4.69, 9.17) is 0 Å². The van der Waals surface area contributed by atoms with Crippen LogP contribution in [0.1, 0.15) is 41.4 Å². The maximum Gasteiger partial charge on any atom is 0.0980 e. The molecule has 0 amide bonds. The van der Waals surface area contributed by atoms with E-state index in [0.717, 1.165) is 25.8 Å². The second-order valence-corrected chi connectivity index (χ2v) is 6.87. The summed E-state index contributed by atoms with van der Waals surface area (Å²) in [6, 6.07) is 8.03. The molecule has 20 heavy (non-hydrogen) atoms. The lowest BCUT2D eigenvalue weighted by Gasteiger charge is -2.09. The van der Waals surface area contributed by atoms with Gasteiger partial charge in [-0.1, -0.05) is 30.5 Å². The highest BCUT2D eigenvalue weighted by molar-refractivity contribution is 7.18. The van der Waals surface area contributed by atoms with Crippen LogP contribution in [0.2, 0.25) is 0 Å². The molecular formula is C14H15N3OS2. The lowest BCUT2D eigenvalue weighted by molar-refractivity contribution is 0.180. The van der Waals surface area contributed by atoms with E-state index in [-0.39, 0.29) is 5.92 Å². The standard InChI is InChI=1S/C14H15N3OS2/c1-8(2)13-14(20-17-16-13)10(18)7-12-15-9-5-3-4-6-11(9)19-12/h3-6,8,10,18H,7H2,1-2H3. The molecule has 4 nitrogen and oxygen atoms in total. The lowest BCUT2D eigenvalue weighted by Crippen LogP contribution is -2.04. The van der Waals surface area contributed by atoms with Crippen LogP contribution in [-0.4, -0.2) is 19.7 Å². The summed E-state index contributed by atoms with van der Waals surface area (Å²) >= 11 is 2.91. The van der Waals surface area contributed by atoms with Crippen LogP contribution in [0.25, 0.3) is 10.2 Å². The van der Waals surface area contributed by atoms with E-state index in [1.54, 1.807) is 11.3 Å². The molecule has 2 heterocycles. The van der Waals surface area contributed by atoms with E-state index >= 15 is 0 Å². The van der Waals surface area contributed by atoms with Gasteiger partial charge in [0.15, 0.2) is 0 Å². The Labute approximate surface area is 125 Å². The number of aromatic nitrogens is 3. The zero-order valence-corrected chi connectivity index (χ0v) is 12.9. The molecule has 0 radical (unpaired) electrons. The molecule has 0 fully saturated rings. The largest absolute Gasteiger partial charge is 0.387 e. The van der Waals surface area contributed by atoms with Gasteiger partial charge in [0.25, 0.3) is 0 Å². The van der Waals surface area contributed by atoms with E-state index in [1.165, 1.54) is 11.5 Å². The quantitative estimate of drug-likeness (QED) is 0.801. The summed E-state index contributed by atoms with van der Waals surface area (Å²) in [6.07, 6.45) is -0.0592. The second-order valence-electron chi connectivity index (χ2n) is 4.97. The number of hydrogen-bond acceptors (Lipinski definition) is 6. The van der Waals surface area contributed by atoms with Crippen molar-refractivity contribution in [3.63, 3.8) is 0 Å². The predicted octanol–water partition coefficient (Wildman–Crippen LogP) is 3.55. The van der Waals surface area contributed by atoms with Crippen LogP contribution < -0.4 is 0 Å². The van der Waals surface area contributed by atoms with Crippen molar-refractivity contribution >= 4 is 33.1 Å². The van der Waals surface area contributed by atoms with E-state index < -0.39 is 6.10 Å². The van der Waals surface area contributed by atoms with E-state index in [0.29, 0.717) is 6.42 Å². The summed E-state index contributed by atoms with van der Waals surface area (Å²) in [5.41, 5.74) is 1.88. The average Bonchev–Trinajstić information content (AvgIpc) is 3.04. The van der Waals surface area contributed by atoms with E-state index in [9.17, 15) is 5.11 Å². The van der Waals surface area contributed by atoms with Gasteiger partial charge in [-0.2, -0.15) is 0 Å². The smallest absolute Gasteiger partial charge is 0.0980 e. The van der Waals surface area contributed by atoms with Crippen molar-refractivity contribution in [2.45, 2.75) is 32.3 Å². The van der Waals surface area contributed by atoms with Crippen LogP contribution in [0.15, 0.2) is 24.3 Å². The first-order chi connectivity index (χ1) is 9.65. The first-order valence-corrected chi connectivity index (χ1v) is 8.09. The Balaban J connectivity index is 1.84. The first-order valence-electron chi connectivity index (χ1n) is 6.50. The Kier molecular flexibility index (Phi) is 3.78. The molecule has 0 aliphatic heterocycles. The van der Waals surface area contributed by atoms with E-state index in [1.807, 2.05) is 18.2 Å². The van der Waals surface area contributed by atoms with Gasteiger partial charge in [-0.15, -0.1) is 16.4 Å². The van der Waals surface area contributed by atoms with Crippen molar-refractivity contribution in [3.8, 4) is 0 Å². The Morgan fingerprint density at radius 3 is 2.80 bits per heavy atom. The highest BCUT2D eigenvalue weighted by atomic mass is 32.1. The molecule has 0 saturated heterocycles.